The van der Waals surface area contributed by atoms with Gasteiger partial charge in [0.25, 0.3) is 0 Å². The van der Waals surface area contributed by atoms with E-state index in [0.717, 1.165) is 16.5 Å². The van der Waals surface area contributed by atoms with E-state index in [1.54, 1.807) is 6.20 Å². The molecule has 3 rings (SSSR count). The molecule has 0 unspecified atom stereocenters. The molecule has 1 atom stereocenters. The number of hydrogen-bond acceptors (Lipinski definition) is 1. The summed E-state index contributed by atoms with van der Waals surface area (Å²) in [6.07, 6.45) is 7.15. The predicted molar refractivity (Wildman–Crippen MR) is 87.4 cm³/mol. The van der Waals surface area contributed by atoms with E-state index in [-0.39, 0.29) is 11.8 Å². The maximum absolute atomic E-state index is 13.0. The number of carbonyl (C=O) groups excluding carboxylic acids is 1. The Hall–Kier alpha value is -2.83. The Morgan fingerprint density at radius 1 is 1.14 bits per heavy atom. The first kappa shape index (κ1) is 14.1. The van der Waals surface area contributed by atoms with Crippen molar-refractivity contribution in [3.8, 4) is 12.3 Å². The Morgan fingerprint density at radius 2 is 1.86 bits per heavy atom. The molecule has 3 N–H and O–H groups in total. The normalized spacial score (nSPS) is 12.0. The zero-order valence-electron chi connectivity index (χ0n) is 12.1. The zero-order valence-corrected chi connectivity index (χ0v) is 12.1. The van der Waals surface area contributed by atoms with Crippen molar-refractivity contribution in [2.75, 3.05) is 6.54 Å². The highest BCUT2D eigenvalue weighted by Gasteiger charge is 2.26. The van der Waals surface area contributed by atoms with Crippen LogP contribution in [0.1, 0.15) is 22.0 Å². The number of aromatic nitrogens is 1. The number of quaternary nitrogens is 1. The summed E-state index contributed by atoms with van der Waals surface area (Å²) in [6, 6.07) is 17.2. The molecule has 0 amide bonds. The number of fused-ring (bicyclic) bond motifs is 1. The fraction of sp³-hybridized carbons (Fsp3) is 0.105. The largest absolute Gasteiger partial charge is 0.360 e. The lowest BCUT2D eigenvalue weighted by molar-refractivity contribution is -0.671. The molecule has 2 aromatic carbocycles. The van der Waals surface area contributed by atoms with Gasteiger partial charge in [0.15, 0.2) is 6.04 Å². The van der Waals surface area contributed by atoms with Crippen LogP contribution in [0.5, 0.6) is 0 Å². The first-order chi connectivity index (χ1) is 10.8. The first-order valence-corrected chi connectivity index (χ1v) is 7.23. The van der Waals surface area contributed by atoms with E-state index in [0.29, 0.717) is 12.1 Å². The number of hydrogen-bond donors (Lipinski definition) is 2. The van der Waals surface area contributed by atoms with Gasteiger partial charge < -0.3 is 10.3 Å². The van der Waals surface area contributed by atoms with Crippen LogP contribution >= 0.6 is 0 Å². The average molecular weight is 289 g/mol. The third-order valence-corrected chi connectivity index (χ3v) is 3.77. The van der Waals surface area contributed by atoms with E-state index in [2.05, 4.69) is 10.9 Å². The van der Waals surface area contributed by atoms with Gasteiger partial charge in [0.05, 0.1) is 0 Å². The van der Waals surface area contributed by atoms with Crippen molar-refractivity contribution in [2.45, 2.75) is 6.04 Å². The van der Waals surface area contributed by atoms with Crippen LogP contribution in [0.3, 0.4) is 0 Å². The molecule has 3 aromatic rings. The van der Waals surface area contributed by atoms with Gasteiger partial charge in [0.2, 0.25) is 5.78 Å². The summed E-state index contributed by atoms with van der Waals surface area (Å²) in [5.74, 6) is 2.66. The number of terminal acetylenes is 1. The smallest absolute Gasteiger partial charge is 0.226 e. The first-order valence-electron chi connectivity index (χ1n) is 7.23. The molecule has 1 heterocycles. The van der Waals surface area contributed by atoms with Crippen molar-refractivity contribution in [2.24, 2.45) is 0 Å². The zero-order chi connectivity index (χ0) is 15.4. The van der Waals surface area contributed by atoms with Crippen molar-refractivity contribution in [1.82, 2.24) is 4.98 Å². The summed E-state index contributed by atoms with van der Waals surface area (Å²) >= 11 is 0. The number of nitrogens with one attached hydrogen (secondary N) is 1. The second-order valence-electron chi connectivity index (χ2n) is 5.14. The number of aromatic amines is 1. The van der Waals surface area contributed by atoms with Crippen molar-refractivity contribution < 1.29 is 10.1 Å². The number of carbonyl (C=O) groups is 1. The van der Waals surface area contributed by atoms with E-state index in [1.165, 1.54) is 0 Å². The van der Waals surface area contributed by atoms with E-state index in [1.807, 2.05) is 59.9 Å². The van der Waals surface area contributed by atoms with E-state index in [9.17, 15) is 4.79 Å². The maximum atomic E-state index is 13.0. The van der Waals surface area contributed by atoms with Crippen molar-refractivity contribution >= 4 is 16.7 Å². The highest BCUT2D eigenvalue weighted by atomic mass is 16.1. The molecule has 0 saturated carbocycles. The minimum Gasteiger partial charge on any atom is -0.360 e. The molecule has 3 nitrogen and oxygen atoms in total. The molecule has 1 aromatic heterocycles. The minimum atomic E-state index is -0.323. The number of ketones is 1. The summed E-state index contributed by atoms with van der Waals surface area (Å²) in [5.41, 5.74) is 2.64. The van der Waals surface area contributed by atoms with E-state index in [4.69, 9.17) is 6.42 Å². The van der Waals surface area contributed by atoms with Crippen LogP contribution in [0.25, 0.3) is 10.9 Å². The van der Waals surface area contributed by atoms with Crippen molar-refractivity contribution in [3.63, 3.8) is 0 Å². The molecule has 0 saturated heterocycles. The standard InChI is InChI=1S/C19H16N2O/c1-2-12-20-18(14-8-4-3-5-9-14)19(22)16-13-21-17-11-7-6-10-15(16)17/h1,3-11,13,18,20-21H,12H2/p+1/t18-/m0/s1. The van der Waals surface area contributed by atoms with Gasteiger partial charge in [-0.1, -0.05) is 48.5 Å². The molecule has 108 valence electrons. The molecule has 0 aliphatic rings. The Bertz CT molecular complexity index is 827. The SMILES string of the molecule is C#CC[NH2+][C@H](C(=O)c1c[nH]c2ccccc12)c1ccccc1. The third-order valence-electron chi connectivity index (χ3n) is 3.77. The van der Waals surface area contributed by atoms with Crippen LogP contribution in [0.4, 0.5) is 0 Å². The number of Topliss-reactive ketones (excluding diaryl/α,β-unsaturated/α-hetero) is 1. The molecule has 0 radical (unpaired) electrons. The Kier molecular flexibility index (Phi) is 4.04. The number of para-hydroxylation sites is 1. The minimum absolute atomic E-state index is 0.0684. The summed E-state index contributed by atoms with van der Waals surface area (Å²) in [7, 11) is 0. The van der Waals surface area contributed by atoms with Crippen LogP contribution in [-0.2, 0) is 0 Å². The van der Waals surface area contributed by atoms with Gasteiger partial charge in [-0.15, -0.1) is 6.42 Å². The monoisotopic (exact) mass is 289 g/mol. The third kappa shape index (κ3) is 2.65. The lowest BCUT2D eigenvalue weighted by atomic mass is 9.97. The molecule has 0 fully saturated rings. The van der Waals surface area contributed by atoms with Crippen LogP contribution in [0.2, 0.25) is 0 Å². The molecule has 22 heavy (non-hydrogen) atoms. The lowest BCUT2D eigenvalue weighted by Crippen LogP contribution is -2.86. The molecule has 0 spiro atoms. The number of H-pyrrole nitrogens is 1. The van der Waals surface area contributed by atoms with Gasteiger partial charge in [0, 0.05) is 28.2 Å². The van der Waals surface area contributed by atoms with Crippen molar-refractivity contribution in [1.29, 1.82) is 0 Å². The predicted octanol–water partition coefficient (Wildman–Crippen LogP) is 2.29. The van der Waals surface area contributed by atoms with Crippen LogP contribution in [0, 0.1) is 12.3 Å². The topological polar surface area (TPSA) is 49.5 Å². The van der Waals surface area contributed by atoms with E-state index >= 15 is 0 Å². The van der Waals surface area contributed by atoms with Gasteiger partial charge >= 0.3 is 0 Å². The highest BCUT2D eigenvalue weighted by molar-refractivity contribution is 6.09. The number of rotatable bonds is 5. The summed E-state index contributed by atoms with van der Waals surface area (Å²) in [4.78, 5) is 16.2. The Labute approximate surface area is 129 Å². The van der Waals surface area contributed by atoms with Gasteiger partial charge in [-0.2, -0.15) is 0 Å². The van der Waals surface area contributed by atoms with Crippen molar-refractivity contribution in [3.05, 3.63) is 71.9 Å². The van der Waals surface area contributed by atoms with Gasteiger partial charge in [-0.25, -0.2) is 0 Å². The molecule has 3 heteroatoms. The average Bonchev–Trinajstić information content (AvgIpc) is 3.00. The van der Waals surface area contributed by atoms with Crippen LogP contribution in [0.15, 0.2) is 60.8 Å². The van der Waals surface area contributed by atoms with Gasteiger partial charge in [-0.05, 0) is 12.0 Å². The molecule has 0 aliphatic heterocycles. The number of nitrogens with two attached hydrogens (primary N) is 1. The second kappa shape index (κ2) is 6.30. The highest BCUT2D eigenvalue weighted by Crippen LogP contribution is 2.22. The summed E-state index contributed by atoms with van der Waals surface area (Å²) < 4.78 is 0. The van der Waals surface area contributed by atoms with Gasteiger partial charge in [-0.3, -0.25) is 4.79 Å². The fourth-order valence-electron chi connectivity index (χ4n) is 2.68. The maximum Gasteiger partial charge on any atom is 0.226 e. The van der Waals surface area contributed by atoms with Crippen LogP contribution in [-0.4, -0.2) is 17.3 Å². The second-order valence-corrected chi connectivity index (χ2v) is 5.14. The quantitative estimate of drug-likeness (QED) is 0.549. The fourth-order valence-corrected chi connectivity index (χ4v) is 2.68. The Morgan fingerprint density at radius 3 is 2.64 bits per heavy atom. The molecule has 0 aliphatic carbocycles. The summed E-state index contributed by atoms with van der Waals surface area (Å²) in [6.45, 7) is 0.466. The van der Waals surface area contributed by atoms with Gasteiger partial charge in [0.1, 0.15) is 6.54 Å². The number of benzene rings is 2. The lowest BCUT2D eigenvalue weighted by Gasteiger charge is -2.13. The summed E-state index contributed by atoms with van der Waals surface area (Å²) in [5, 5.41) is 2.85. The molecular weight excluding hydrogens is 272 g/mol. The Balaban J connectivity index is 2.00. The molecule has 0 bridgehead atoms. The molecular formula is C19H17N2O+. The van der Waals surface area contributed by atoms with E-state index < -0.39 is 0 Å². The van der Waals surface area contributed by atoms with Crippen LogP contribution < -0.4 is 5.32 Å².